The van der Waals surface area contributed by atoms with E-state index < -0.39 is 15.9 Å². The fourth-order valence-corrected chi connectivity index (χ4v) is 3.57. The molecule has 24 heavy (non-hydrogen) atoms. The number of hydrogen-bond acceptors (Lipinski definition) is 4. The van der Waals surface area contributed by atoms with Gasteiger partial charge in [0.15, 0.2) is 0 Å². The van der Waals surface area contributed by atoms with Gasteiger partial charge in [0.1, 0.15) is 0 Å². The molecular formula is C16H14IN3O3S. The number of likely N-dealkylation sites (N-methyl/N-ethyl adjacent to an activating group) is 1. The maximum atomic E-state index is 12.4. The van der Waals surface area contributed by atoms with Crippen LogP contribution in [0.15, 0.2) is 53.4 Å². The van der Waals surface area contributed by atoms with Crippen LogP contribution in [-0.4, -0.2) is 32.2 Å². The van der Waals surface area contributed by atoms with Gasteiger partial charge in [0.05, 0.1) is 28.8 Å². The highest BCUT2D eigenvalue weighted by Gasteiger charge is 2.23. The van der Waals surface area contributed by atoms with Crippen LogP contribution in [0.4, 0.5) is 5.69 Å². The number of anilines is 1. The zero-order chi connectivity index (χ0) is 17.7. The third-order valence-corrected chi connectivity index (χ3v) is 5.96. The minimum Gasteiger partial charge on any atom is -0.324 e. The largest absolute Gasteiger partial charge is 0.324 e. The highest BCUT2D eigenvalue weighted by molar-refractivity contribution is 14.1. The second-order valence-corrected chi connectivity index (χ2v) is 8.13. The lowest BCUT2D eigenvalue weighted by Crippen LogP contribution is -2.35. The first-order chi connectivity index (χ1) is 11.3. The van der Waals surface area contributed by atoms with E-state index in [1.165, 1.54) is 31.3 Å². The van der Waals surface area contributed by atoms with Crippen molar-refractivity contribution in [1.29, 1.82) is 5.26 Å². The smallest absolute Gasteiger partial charge is 0.243 e. The normalized spacial score (nSPS) is 11.1. The maximum absolute atomic E-state index is 12.4. The zero-order valence-corrected chi connectivity index (χ0v) is 15.7. The average Bonchev–Trinajstić information content (AvgIpc) is 2.57. The van der Waals surface area contributed by atoms with Gasteiger partial charge in [-0.25, -0.2) is 8.42 Å². The number of sulfonamides is 1. The Balaban J connectivity index is 2.10. The van der Waals surface area contributed by atoms with Gasteiger partial charge in [-0.05, 0) is 59.0 Å². The predicted molar refractivity (Wildman–Crippen MR) is 98.8 cm³/mol. The molecule has 124 valence electrons. The van der Waals surface area contributed by atoms with Crippen molar-refractivity contribution in [2.75, 3.05) is 18.9 Å². The van der Waals surface area contributed by atoms with Crippen molar-refractivity contribution in [3.63, 3.8) is 0 Å². The molecule has 0 saturated heterocycles. The van der Waals surface area contributed by atoms with Crippen LogP contribution < -0.4 is 5.32 Å². The highest BCUT2D eigenvalue weighted by atomic mass is 127. The summed E-state index contributed by atoms with van der Waals surface area (Å²) in [4.78, 5) is 12.1. The molecule has 6 nitrogen and oxygen atoms in total. The van der Waals surface area contributed by atoms with Crippen molar-refractivity contribution in [2.24, 2.45) is 0 Å². The van der Waals surface area contributed by atoms with E-state index in [1.807, 2.05) is 18.2 Å². The van der Waals surface area contributed by atoms with Crippen LogP contribution in [0.5, 0.6) is 0 Å². The quantitative estimate of drug-likeness (QED) is 0.702. The molecule has 0 spiro atoms. The SMILES string of the molecule is CN(CC(=O)Nc1ccccc1I)S(=O)(=O)c1ccc(C#N)cc1. The number of nitrogens with one attached hydrogen (secondary N) is 1. The molecule has 0 aliphatic rings. The molecule has 0 fully saturated rings. The maximum Gasteiger partial charge on any atom is 0.243 e. The Hall–Kier alpha value is -1.96. The summed E-state index contributed by atoms with van der Waals surface area (Å²) in [6.45, 7) is -0.312. The molecule has 0 aliphatic heterocycles. The van der Waals surface area contributed by atoms with Gasteiger partial charge in [0.25, 0.3) is 0 Å². The number of nitriles is 1. The minimum atomic E-state index is -3.80. The summed E-state index contributed by atoms with van der Waals surface area (Å²) in [7, 11) is -2.46. The summed E-state index contributed by atoms with van der Waals surface area (Å²) in [5, 5.41) is 11.4. The van der Waals surface area contributed by atoms with E-state index in [4.69, 9.17) is 5.26 Å². The van der Waals surface area contributed by atoms with Crippen LogP contribution in [0.1, 0.15) is 5.56 Å². The molecule has 0 saturated carbocycles. The van der Waals surface area contributed by atoms with Gasteiger partial charge in [-0.3, -0.25) is 4.79 Å². The van der Waals surface area contributed by atoms with Gasteiger partial charge < -0.3 is 5.32 Å². The van der Waals surface area contributed by atoms with Gasteiger partial charge in [-0.2, -0.15) is 9.57 Å². The fraction of sp³-hybridized carbons (Fsp3) is 0.125. The molecule has 0 bridgehead atoms. The van der Waals surface area contributed by atoms with E-state index in [0.717, 1.165) is 7.88 Å². The van der Waals surface area contributed by atoms with Crippen molar-refractivity contribution in [3.05, 3.63) is 57.7 Å². The second kappa shape index (κ2) is 7.74. The molecule has 0 aliphatic carbocycles. The van der Waals surface area contributed by atoms with Crippen molar-refractivity contribution >= 4 is 44.2 Å². The van der Waals surface area contributed by atoms with E-state index in [-0.39, 0.29) is 11.4 Å². The van der Waals surface area contributed by atoms with Gasteiger partial charge in [0, 0.05) is 10.6 Å². The Morgan fingerprint density at radius 3 is 2.42 bits per heavy atom. The van der Waals surface area contributed by atoms with Crippen LogP contribution in [0.3, 0.4) is 0 Å². The summed E-state index contributed by atoms with van der Waals surface area (Å²) < 4.78 is 26.7. The highest BCUT2D eigenvalue weighted by Crippen LogP contribution is 2.18. The lowest BCUT2D eigenvalue weighted by atomic mass is 10.2. The molecular weight excluding hydrogens is 441 g/mol. The lowest BCUT2D eigenvalue weighted by molar-refractivity contribution is -0.116. The van der Waals surface area contributed by atoms with E-state index in [0.29, 0.717) is 11.3 Å². The monoisotopic (exact) mass is 455 g/mol. The molecule has 2 aromatic rings. The first-order valence-corrected chi connectivity index (χ1v) is 9.37. The third kappa shape index (κ3) is 4.31. The molecule has 2 rings (SSSR count). The number of halogens is 1. The zero-order valence-electron chi connectivity index (χ0n) is 12.7. The summed E-state index contributed by atoms with van der Waals surface area (Å²) >= 11 is 2.09. The molecule has 0 aromatic heterocycles. The molecule has 1 amide bonds. The predicted octanol–water partition coefficient (Wildman–Crippen LogP) is 2.42. The topological polar surface area (TPSA) is 90.3 Å². The Labute approximate surface area is 154 Å². The Morgan fingerprint density at radius 2 is 1.83 bits per heavy atom. The van der Waals surface area contributed by atoms with E-state index in [9.17, 15) is 13.2 Å². The average molecular weight is 455 g/mol. The van der Waals surface area contributed by atoms with Gasteiger partial charge in [0.2, 0.25) is 15.9 Å². The number of carbonyl (C=O) groups excluding carboxylic acids is 1. The first-order valence-electron chi connectivity index (χ1n) is 6.85. The van der Waals surface area contributed by atoms with Crippen LogP contribution >= 0.6 is 22.6 Å². The van der Waals surface area contributed by atoms with Crippen LogP contribution in [-0.2, 0) is 14.8 Å². The molecule has 0 radical (unpaired) electrons. The van der Waals surface area contributed by atoms with Gasteiger partial charge in [-0.15, -0.1) is 0 Å². The fourth-order valence-electron chi connectivity index (χ4n) is 1.92. The number of carbonyl (C=O) groups is 1. The number of benzene rings is 2. The molecule has 0 heterocycles. The van der Waals surface area contributed by atoms with Crippen LogP contribution in [0.2, 0.25) is 0 Å². The Morgan fingerprint density at radius 1 is 1.21 bits per heavy atom. The summed E-state index contributed by atoms with van der Waals surface area (Å²) in [6.07, 6.45) is 0. The molecule has 0 unspecified atom stereocenters. The van der Waals surface area contributed by atoms with Crippen molar-refractivity contribution in [3.8, 4) is 6.07 Å². The van der Waals surface area contributed by atoms with Crippen molar-refractivity contribution in [1.82, 2.24) is 4.31 Å². The van der Waals surface area contributed by atoms with E-state index in [2.05, 4.69) is 27.9 Å². The number of hydrogen-bond donors (Lipinski definition) is 1. The Kier molecular flexibility index (Phi) is 5.93. The number of para-hydroxylation sites is 1. The first kappa shape index (κ1) is 18.4. The number of amides is 1. The summed E-state index contributed by atoms with van der Waals surface area (Å²) in [5.74, 6) is -0.432. The number of nitrogens with zero attached hydrogens (tertiary/aromatic N) is 2. The van der Waals surface area contributed by atoms with E-state index in [1.54, 1.807) is 12.1 Å². The second-order valence-electron chi connectivity index (χ2n) is 4.93. The summed E-state index contributed by atoms with van der Waals surface area (Å²) in [5.41, 5.74) is 1.00. The number of rotatable bonds is 5. The van der Waals surface area contributed by atoms with Gasteiger partial charge >= 0.3 is 0 Å². The molecule has 2 aromatic carbocycles. The third-order valence-electron chi connectivity index (χ3n) is 3.21. The lowest BCUT2D eigenvalue weighted by Gasteiger charge is -2.17. The van der Waals surface area contributed by atoms with E-state index >= 15 is 0 Å². The van der Waals surface area contributed by atoms with Gasteiger partial charge in [-0.1, -0.05) is 12.1 Å². The van der Waals surface area contributed by atoms with Crippen molar-refractivity contribution in [2.45, 2.75) is 4.90 Å². The molecule has 1 N–H and O–H groups in total. The Bertz CT molecular complexity index is 890. The standard InChI is InChI=1S/C16H14IN3O3S/c1-20(11-16(21)19-15-5-3-2-4-14(15)17)24(22,23)13-8-6-12(10-18)7-9-13/h2-9H,11H2,1H3,(H,19,21). The van der Waals surface area contributed by atoms with Crippen LogP contribution in [0.25, 0.3) is 0 Å². The minimum absolute atomic E-state index is 0.0334. The van der Waals surface area contributed by atoms with Crippen LogP contribution in [0, 0.1) is 14.9 Å². The van der Waals surface area contributed by atoms with Crippen molar-refractivity contribution < 1.29 is 13.2 Å². The molecule has 0 atom stereocenters. The summed E-state index contributed by atoms with van der Waals surface area (Å²) in [6, 6.07) is 14.7. The molecule has 8 heteroatoms.